The van der Waals surface area contributed by atoms with Crippen LogP contribution in [0, 0.1) is 12.3 Å². The standard InChI is InChI=1S/C15H14F3N3/c1-3-9-21-12(4-2)20-13(14(21)19)10-7-5-6-8-11(10)15(16,17)18/h1,5-8H,4,9,19H2,2H3. The Labute approximate surface area is 120 Å². The van der Waals surface area contributed by atoms with Gasteiger partial charge in [-0.2, -0.15) is 13.2 Å². The topological polar surface area (TPSA) is 43.8 Å². The van der Waals surface area contributed by atoms with E-state index in [0.29, 0.717) is 12.2 Å². The number of nitrogens with two attached hydrogens (primary N) is 1. The number of nitrogen functional groups attached to an aromatic ring is 1. The van der Waals surface area contributed by atoms with Crippen LogP contribution in [0.1, 0.15) is 18.3 Å². The largest absolute Gasteiger partial charge is 0.417 e. The number of alkyl halides is 3. The molecule has 3 nitrogen and oxygen atoms in total. The van der Waals surface area contributed by atoms with Crippen LogP contribution in [0.3, 0.4) is 0 Å². The van der Waals surface area contributed by atoms with Crippen LogP contribution in [0.15, 0.2) is 24.3 Å². The van der Waals surface area contributed by atoms with E-state index in [2.05, 4.69) is 10.9 Å². The number of rotatable bonds is 3. The maximum Gasteiger partial charge on any atom is 0.417 e. The Morgan fingerprint density at radius 3 is 2.57 bits per heavy atom. The Bertz CT molecular complexity index is 693. The summed E-state index contributed by atoms with van der Waals surface area (Å²) < 4.78 is 40.8. The van der Waals surface area contributed by atoms with Crippen molar-refractivity contribution in [2.24, 2.45) is 0 Å². The maximum absolute atomic E-state index is 13.1. The van der Waals surface area contributed by atoms with Crippen LogP contribution < -0.4 is 5.73 Å². The lowest BCUT2D eigenvalue weighted by atomic mass is 10.0. The summed E-state index contributed by atoms with van der Waals surface area (Å²) in [6.45, 7) is 2.02. The lowest BCUT2D eigenvalue weighted by Gasteiger charge is -2.11. The highest BCUT2D eigenvalue weighted by Gasteiger charge is 2.34. The maximum atomic E-state index is 13.1. The molecule has 0 fully saturated rings. The minimum absolute atomic E-state index is 0.0343. The number of anilines is 1. The van der Waals surface area contributed by atoms with Gasteiger partial charge in [0.1, 0.15) is 17.3 Å². The number of aryl methyl sites for hydroxylation is 1. The second kappa shape index (κ2) is 5.52. The number of hydrogen-bond acceptors (Lipinski definition) is 2. The van der Waals surface area contributed by atoms with E-state index in [-0.39, 0.29) is 23.6 Å². The molecule has 0 atom stereocenters. The molecule has 0 saturated heterocycles. The van der Waals surface area contributed by atoms with Crippen LogP contribution in [0.25, 0.3) is 11.3 Å². The zero-order chi connectivity index (χ0) is 15.6. The molecule has 110 valence electrons. The van der Waals surface area contributed by atoms with Crippen LogP contribution in [0.5, 0.6) is 0 Å². The van der Waals surface area contributed by atoms with Gasteiger partial charge in [-0.05, 0) is 6.07 Å². The molecular formula is C15H14F3N3. The number of benzene rings is 1. The molecule has 0 aliphatic rings. The van der Waals surface area contributed by atoms with Crippen LogP contribution in [0.4, 0.5) is 19.0 Å². The Morgan fingerprint density at radius 2 is 2.00 bits per heavy atom. The third kappa shape index (κ3) is 2.72. The quantitative estimate of drug-likeness (QED) is 0.882. The monoisotopic (exact) mass is 293 g/mol. The summed E-state index contributed by atoms with van der Waals surface area (Å²) in [5.74, 6) is 3.15. The van der Waals surface area contributed by atoms with Crippen molar-refractivity contribution in [3.63, 3.8) is 0 Å². The predicted molar refractivity (Wildman–Crippen MR) is 75.3 cm³/mol. The lowest BCUT2D eigenvalue weighted by molar-refractivity contribution is -0.137. The van der Waals surface area contributed by atoms with Crippen LogP contribution in [0.2, 0.25) is 0 Å². The fourth-order valence-electron chi connectivity index (χ4n) is 2.19. The number of terminal acetylenes is 1. The molecule has 1 aromatic heterocycles. The second-order valence-electron chi connectivity index (χ2n) is 4.45. The molecule has 0 spiro atoms. The molecule has 0 unspecified atom stereocenters. The molecular weight excluding hydrogens is 279 g/mol. The van der Waals surface area contributed by atoms with Crippen LogP contribution >= 0.6 is 0 Å². The summed E-state index contributed by atoms with van der Waals surface area (Å²) in [6, 6.07) is 5.24. The van der Waals surface area contributed by atoms with Gasteiger partial charge in [0.2, 0.25) is 0 Å². The number of halogens is 3. The lowest BCUT2D eigenvalue weighted by Crippen LogP contribution is -2.08. The van der Waals surface area contributed by atoms with Crippen molar-refractivity contribution in [1.29, 1.82) is 0 Å². The van der Waals surface area contributed by atoms with Gasteiger partial charge in [-0.3, -0.25) is 0 Å². The molecule has 0 aliphatic carbocycles. The van der Waals surface area contributed by atoms with E-state index in [1.54, 1.807) is 4.57 Å². The van der Waals surface area contributed by atoms with E-state index in [4.69, 9.17) is 12.2 Å². The van der Waals surface area contributed by atoms with Crippen molar-refractivity contribution in [3.05, 3.63) is 35.7 Å². The van der Waals surface area contributed by atoms with Gasteiger partial charge < -0.3 is 10.3 Å². The van der Waals surface area contributed by atoms with Crippen molar-refractivity contribution in [1.82, 2.24) is 9.55 Å². The van der Waals surface area contributed by atoms with Gasteiger partial charge in [-0.1, -0.05) is 31.0 Å². The molecule has 0 amide bonds. The van der Waals surface area contributed by atoms with Crippen molar-refractivity contribution in [2.45, 2.75) is 26.1 Å². The van der Waals surface area contributed by atoms with Crippen molar-refractivity contribution in [3.8, 4) is 23.6 Å². The van der Waals surface area contributed by atoms with Gasteiger partial charge in [0.15, 0.2) is 0 Å². The highest BCUT2D eigenvalue weighted by atomic mass is 19.4. The van der Waals surface area contributed by atoms with Crippen LogP contribution in [-0.2, 0) is 19.1 Å². The van der Waals surface area contributed by atoms with Crippen molar-refractivity contribution >= 4 is 5.82 Å². The first-order valence-corrected chi connectivity index (χ1v) is 6.35. The van der Waals surface area contributed by atoms with E-state index >= 15 is 0 Å². The molecule has 0 bridgehead atoms. The fraction of sp³-hybridized carbons (Fsp3) is 0.267. The molecule has 2 aromatic rings. The first-order valence-electron chi connectivity index (χ1n) is 6.35. The van der Waals surface area contributed by atoms with E-state index < -0.39 is 11.7 Å². The Morgan fingerprint density at radius 1 is 1.33 bits per heavy atom. The zero-order valence-electron chi connectivity index (χ0n) is 11.4. The van der Waals surface area contributed by atoms with Gasteiger partial charge in [0.05, 0.1) is 12.1 Å². The van der Waals surface area contributed by atoms with Gasteiger partial charge in [-0.25, -0.2) is 4.98 Å². The van der Waals surface area contributed by atoms with Crippen molar-refractivity contribution in [2.75, 3.05) is 5.73 Å². The molecule has 2 N–H and O–H groups in total. The molecule has 2 rings (SSSR count). The summed E-state index contributed by atoms with van der Waals surface area (Å²) in [5.41, 5.74) is 5.27. The summed E-state index contributed by atoms with van der Waals surface area (Å²) >= 11 is 0. The van der Waals surface area contributed by atoms with E-state index in [9.17, 15) is 13.2 Å². The smallest absolute Gasteiger partial charge is 0.383 e. The summed E-state index contributed by atoms with van der Waals surface area (Å²) in [5, 5.41) is 0. The predicted octanol–water partition coefficient (Wildman–Crippen LogP) is 3.35. The molecule has 6 heteroatoms. The molecule has 0 saturated carbocycles. The minimum Gasteiger partial charge on any atom is -0.383 e. The number of hydrogen-bond donors (Lipinski definition) is 1. The van der Waals surface area contributed by atoms with Crippen LogP contribution in [-0.4, -0.2) is 9.55 Å². The Balaban J connectivity index is 2.67. The van der Waals surface area contributed by atoms with E-state index in [1.165, 1.54) is 18.2 Å². The first kappa shape index (κ1) is 15.0. The van der Waals surface area contributed by atoms with E-state index in [0.717, 1.165) is 6.07 Å². The number of nitrogens with zero attached hydrogens (tertiary/aromatic N) is 2. The molecule has 1 aromatic carbocycles. The molecule has 21 heavy (non-hydrogen) atoms. The van der Waals surface area contributed by atoms with Gasteiger partial charge in [0, 0.05) is 12.0 Å². The average molecular weight is 293 g/mol. The molecule has 1 heterocycles. The Hall–Kier alpha value is -2.42. The number of aromatic nitrogens is 2. The SMILES string of the molecule is C#CCn1c(CC)nc(-c2ccccc2C(F)(F)F)c1N. The van der Waals surface area contributed by atoms with Gasteiger partial charge in [0.25, 0.3) is 0 Å². The first-order chi connectivity index (χ1) is 9.90. The molecule has 0 radical (unpaired) electrons. The highest BCUT2D eigenvalue weighted by molar-refractivity contribution is 5.74. The zero-order valence-corrected chi connectivity index (χ0v) is 11.4. The van der Waals surface area contributed by atoms with Gasteiger partial charge >= 0.3 is 6.18 Å². The second-order valence-corrected chi connectivity index (χ2v) is 4.45. The minimum atomic E-state index is -4.47. The van der Waals surface area contributed by atoms with E-state index in [1.807, 2.05) is 6.92 Å². The van der Waals surface area contributed by atoms with Crippen molar-refractivity contribution < 1.29 is 13.2 Å². The van der Waals surface area contributed by atoms with Gasteiger partial charge in [-0.15, -0.1) is 6.42 Å². The number of imidazole rings is 1. The third-order valence-corrected chi connectivity index (χ3v) is 3.14. The fourth-order valence-corrected chi connectivity index (χ4v) is 2.19. The average Bonchev–Trinajstić information content (AvgIpc) is 2.75. The highest BCUT2D eigenvalue weighted by Crippen LogP contribution is 2.38. The summed E-state index contributed by atoms with van der Waals surface area (Å²) in [7, 11) is 0. The summed E-state index contributed by atoms with van der Waals surface area (Å²) in [6.07, 6.45) is 1.33. The normalized spacial score (nSPS) is 11.4. The molecule has 0 aliphatic heterocycles. The Kier molecular flexibility index (Phi) is 3.94. The third-order valence-electron chi connectivity index (χ3n) is 3.14. The summed E-state index contributed by atoms with van der Waals surface area (Å²) in [4.78, 5) is 4.23.